The van der Waals surface area contributed by atoms with E-state index in [2.05, 4.69) is 10.3 Å². The van der Waals surface area contributed by atoms with Gasteiger partial charge >= 0.3 is 0 Å². The SMILES string of the molecule is Cc1ccc(C(=O)Nc2cc(-c3nc4ccccc4o3)ccc2Cl)cc1[N+](=O)[O-]. The molecule has 0 fully saturated rings. The molecule has 4 aromatic rings. The van der Waals surface area contributed by atoms with Crippen LogP contribution in [0, 0.1) is 17.0 Å². The standard InChI is InChI=1S/C21H14ClN3O4/c1-12-6-7-13(11-18(12)25(27)28)20(26)23-17-10-14(8-9-15(17)22)21-24-16-4-2-3-5-19(16)29-21/h2-11H,1H3,(H,23,26). The number of anilines is 1. The third kappa shape index (κ3) is 3.68. The summed E-state index contributed by atoms with van der Waals surface area (Å²) in [6.07, 6.45) is 0. The summed E-state index contributed by atoms with van der Waals surface area (Å²) in [4.78, 5) is 27.6. The Morgan fingerprint density at radius 3 is 2.69 bits per heavy atom. The molecule has 29 heavy (non-hydrogen) atoms. The highest BCUT2D eigenvalue weighted by Crippen LogP contribution is 2.31. The van der Waals surface area contributed by atoms with Crippen molar-refractivity contribution in [2.75, 3.05) is 5.32 Å². The number of oxazole rings is 1. The fraction of sp³-hybridized carbons (Fsp3) is 0.0476. The van der Waals surface area contributed by atoms with Crippen molar-refractivity contribution in [3.05, 3.63) is 86.9 Å². The van der Waals surface area contributed by atoms with Crippen LogP contribution in [0.2, 0.25) is 5.02 Å². The van der Waals surface area contributed by atoms with Gasteiger partial charge in [-0.05, 0) is 43.3 Å². The maximum Gasteiger partial charge on any atom is 0.273 e. The van der Waals surface area contributed by atoms with Gasteiger partial charge < -0.3 is 9.73 Å². The van der Waals surface area contributed by atoms with Crippen LogP contribution in [-0.4, -0.2) is 15.8 Å². The number of nitro benzene ring substituents is 1. The van der Waals surface area contributed by atoms with Crippen LogP contribution >= 0.6 is 11.6 Å². The number of carbonyl (C=O) groups is 1. The van der Waals surface area contributed by atoms with Crippen LogP contribution in [0.25, 0.3) is 22.6 Å². The van der Waals surface area contributed by atoms with Crippen molar-refractivity contribution in [1.82, 2.24) is 4.98 Å². The van der Waals surface area contributed by atoms with Gasteiger partial charge in [-0.25, -0.2) is 4.98 Å². The monoisotopic (exact) mass is 407 g/mol. The molecule has 0 aliphatic carbocycles. The highest BCUT2D eigenvalue weighted by molar-refractivity contribution is 6.34. The van der Waals surface area contributed by atoms with Crippen molar-refractivity contribution in [1.29, 1.82) is 0 Å². The van der Waals surface area contributed by atoms with E-state index in [1.54, 1.807) is 25.1 Å². The molecule has 1 N–H and O–H groups in total. The van der Waals surface area contributed by atoms with Crippen molar-refractivity contribution in [3.8, 4) is 11.5 Å². The molecule has 0 aliphatic rings. The Kier molecular flexibility index (Phi) is 4.74. The second-order valence-corrected chi connectivity index (χ2v) is 6.80. The average molecular weight is 408 g/mol. The third-order valence-electron chi connectivity index (χ3n) is 4.42. The minimum Gasteiger partial charge on any atom is -0.436 e. The summed E-state index contributed by atoms with van der Waals surface area (Å²) >= 11 is 6.23. The molecule has 1 heterocycles. The molecule has 0 bridgehead atoms. The lowest BCUT2D eigenvalue weighted by atomic mass is 10.1. The summed E-state index contributed by atoms with van der Waals surface area (Å²) in [6.45, 7) is 1.61. The number of aromatic nitrogens is 1. The first kappa shape index (κ1) is 18.6. The number of hydrogen-bond donors (Lipinski definition) is 1. The Morgan fingerprint density at radius 2 is 1.93 bits per heavy atom. The van der Waals surface area contributed by atoms with Crippen LogP contribution in [0.3, 0.4) is 0 Å². The molecule has 144 valence electrons. The lowest BCUT2D eigenvalue weighted by Crippen LogP contribution is -2.12. The van der Waals surface area contributed by atoms with Gasteiger partial charge in [-0.1, -0.05) is 29.8 Å². The molecular weight excluding hydrogens is 394 g/mol. The van der Waals surface area contributed by atoms with Crippen molar-refractivity contribution in [3.63, 3.8) is 0 Å². The highest BCUT2D eigenvalue weighted by atomic mass is 35.5. The van der Waals surface area contributed by atoms with Gasteiger partial charge in [0.1, 0.15) is 5.52 Å². The number of nitrogens with zero attached hydrogens (tertiary/aromatic N) is 2. The zero-order chi connectivity index (χ0) is 20.5. The molecule has 0 radical (unpaired) electrons. The summed E-state index contributed by atoms with van der Waals surface area (Å²) in [7, 11) is 0. The fourth-order valence-electron chi connectivity index (χ4n) is 2.89. The van der Waals surface area contributed by atoms with Crippen molar-refractivity contribution in [2.24, 2.45) is 0 Å². The third-order valence-corrected chi connectivity index (χ3v) is 4.75. The Hall–Kier alpha value is -3.71. The predicted molar refractivity (Wildman–Crippen MR) is 110 cm³/mol. The minimum absolute atomic E-state index is 0.121. The van der Waals surface area contributed by atoms with Crippen molar-refractivity contribution in [2.45, 2.75) is 6.92 Å². The summed E-state index contributed by atoms with van der Waals surface area (Å²) in [6, 6.07) is 16.7. The molecule has 1 amide bonds. The fourth-order valence-corrected chi connectivity index (χ4v) is 3.06. The Bertz CT molecular complexity index is 1230. The van der Waals surface area contributed by atoms with E-state index in [-0.39, 0.29) is 11.3 Å². The predicted octanol–water partition coefficient (Wildman–Crippen LogP) is 5.62. The second kappa shape index (κ2) is 7.37. The first-order chi connectivity index (χ1) is 13.9. The first-order valence-electron chi connectivity index (χ1n) is 8.64. The number of hydrogen-bond acceptors (Lipinski definition) is 5. The van der Waals surface area contributed by atoms with Crippen LogP contribution in [0.5, 0.6) is 0 Å². The van der Waals surface area contributed by atoms with Gasteiger partial charge in [-0.2, -0.15) is 0 Å². The molecule has 0 atom stereocenters. The Morgan fingerprint density at radius 1 is 1.14 bits per heavy atom. The van der Waals surface area contributed by atoms with Gasteiger partial charge in [0.15, 0.2) is 5.58 Å². The average Bonchev–Trinajstić information content (AvgIpc) is 3.14. The molecule has 1 aromatic heterocycles. The van der Waals surface area contributed by atoms with Gasteiger partial charge in [0.05, 0.1) is 15.6 Å². The topological polar surface area (TPSA) is 98.3 Å². The molecule has 3 aromatic carbocycles. The number of nitrogens with one attached hydrogen (secondary N) is 1. The van der Waals surface area contributed by atoms with E-state index in [4.69, 9.17) is 16.0 Å². The summed E-state index contributed by atoms with van der Waals surface area (Å²) in [5.74, 6) is -0.117. The van der Waals surface area contributed by atoms with E-state index in [1.165, 1.54) is 18.2 Å². The van der Waals surface area contributed by atoms with Crippen LogP contribution in [0.4, 0.5) is 11.4 Å². The molecule has 0 unspecified atom stereocenters. The van der Waals surface area contributed by atoms with Crippen LogP contribution in [0.15, 0.2) is 65.1 Å². The number of halogens is 1. The van der Waals surface area contributed by atoms with Gasteiger partial charge in [-0.3, -0.25) is 14.9 Å². The molecule has 0 saturated heterocycles. The zero-order valence-corrected chi connectivity index (χ0v) is 15.9. The molecule has 7 nitrogen and oxygen atoms in total. The van der Waals surface area contributed by atoms with E-state index < -0.39 is 10.8 Å². The second-order valence-electron chi connectivity index (χ2n) is 6.39. The summed E-state index contributed by atoms with van der Waals surface area (Å²) in [5, 5.41) is 14.1. The number of rotatable bonds is 4. The lowest BCUT2D eigenvalue weighted by molar-refractivity contribution is -0.385. The molecular formula is C21H14ClN3O4. The van der Waals surface area contributed by atoms with Crippen molar-refractivity contribution < 1.29 is 14.1 Å². The lowest BCUT2D eigenvalue weighted by Gasteiger charge is -2.09. The van der Waals surface area contributed by atoms with Crippen molar-refractivity contribution >= 4 is 40.0 Å². The van der Waals surface area contributed by atoms with E-state index in [9.17, 15) is 14.9 Å². The number of para-hydroxylation sites is 2. The molecule has 0 spiro atoms. The number of aryl methyl sites for hydroxylation is 1. The van der Waals surface area contributed by atoms with Crippen LogP contribution in [-0.2, 0) is 0 Å². The molecule has 0 saturated carbocycles. The quantitative estimate of drug-likeness (QED) is 0.350. The summed E-state index contributed by atoms with van der Waals surface area (Å²) in [5.41, 5.74) is 2.86. The Labute approximate surface area is 170 Å². The van der Waals surface area contributed by atoms with Gasteiger partial charge in [-0.15, -0.1) is 0 Å². The van der Waals surface area contributed by atoms with Crippen LogP contribution in [0.1, 0.15) is 15.9 Å². The summed E-state index contributed by atoms with van der Waals surface area (Å²) < 4.78 is 5.75. The van der Waals surface area contributed by atoms with E-state index in [0.717, 1.165) is 5.52 Å². The molecule has 8 heteroatoms. The van der Waals surface area contributed by atoms with Gasteiger partial charge in [0.2, 0.25) is 5.89 Å². The Balaban J connectivity index is 1.65. The van der Waals surface area contributed by atoms with E-state index in [0.29, 0.717) is 33.3 Å². The van der Waals surface area contributed by atoms with Crippen LogP contribution < -0.4 is 5.32 Å². The maximum absolute atomic E-state index is 12.6. The number of benzene rings is 3. The molecule has 4 rings (SSSR count). The van der Waals surface area contributed by atoms with Gasteiger partial charge in [0, 0.05) is 22.8 Å². The van der Waals surface area contributed by atoms with E-state index in [1.807, 2.05) is 24.3 Å². The number of amides is 1. The van der Waals surface area contributed by atoms with Gasteiger partial charge in [0.25, 0.3) is 11.6 Å². The maximum atomic E-state index is 12.6. The largest absolute Gasteiger partial charge is 0.436 e. The highest BCUT2D eigenvalue weighted by Gasteiger charge is 2.17. The van der Waals surface area contributed by atoms with E-state index >= 15 is 0 Å². The minimum atomic E-state index is -0.521. The smallest absolute Gasteiger partial charge is 0.273 e. The number of nitro groups is 1. The number of fused-ring (bicyclic) bond motifs is 1. The zero-order valence-electron chi connectivity index (χ0n) is 15.2. The molecule has 0 aliphatic heterocycles. The first-order valence-corrected chi connectivity index (χ1v) is 9.02. The normalized spacial score (nSPS) is 10.8. The number of carbonyl (C=O) groups excluding carboxylic acids is 1.